The maximum absolute atomic E-state index is 12.8. The Hall–Kier alpha value is -3.20. The molecule has 3 heterocycles. The molecule has 2 aromatic heterocycles. The van der Waals surface area contributed by atoms with Crippen molar-refractivity contribution in [1.82, 2.24) is 14.5 Å². The van der Waals surface area contributed by atoms with Crippen molar-refractivity contribution < 1.29 is 14.3 Å². The van der Waals surface area contributed by atoms with Crippen molar-refractivity contribution in [3.8, 4) is 11.5 Å². The number of hydrogen-bond donors (Lipinski definition) is 2. The summed E-state index contributed by atoms with van der Waals surface area (Å²) in [5, 5.41) is 0.394. The van der Waals surface area contributed by atoms with E-state index in [9.17, 15) is 4.79 Å². The topological polar surface area (TPSA) is 118 Å². The molecule has 0 saturated carbocycles. The van der Waals surface area contributed by atoms with Gasteiger partial charge in [0.05, 0.1) is 5.75 Å². The summed E-state index contributed by atoms with van der Waals surface area (Å²) in [4.78, 5) is 21.0. The van der Waals surface area contributed by atoms with E-state index in [0.29, 0.717) is 17.3 Å². The fraction of sp³-hybridized carbons (Fsp3) is 0.250. The van der Waals surface area contributed by atoms with Gasteiger partial charge in [0.15, 0.2) is 22.4 Å². The number of nitrogen functional groups attached to an aromatic ring is 2. The van der Waals surface area contributed by atoms with Gasteiger partial charge < -0.3 is 25.5 Å². The first-order chi connectivity index (χ1) is 13.9. The zero-order valence-corrected chi connectivity index (χ0v) is 17.0. The van der Waals surface area contributed by atoms with Crippen molar-refractivity contribution in [3.05, 3.63) is 52.8 Å². The molecular formula is C20H21N5O3S. The first-order valence-corrected chi connectivity index (χ1v) is 10.0. The minimum absolute atomic E-state index is 0.00429. The molecular weight excluding hydrogens is 390 g/mol. The van der Waals surface area contributed by atoms with Crippen LogP contribution < -0.4 is 20.9 Å². The number of rotatable bonds is 6. The Balaban J connectivity index is 1.49. The quantitative estimate of drug-likeness (QED) is 0.361. The molecule has 0 unspecified atom stereocenters. The zero-order chi connectivity index (χ0) is 20.5. The molecule has 1 aromatic carbocycles. The molecule has 1 aliphatic heterocycles. The monoisotopic (exact) mass is 411 g/mol. The summed E-state index contributed by atoms with van der Waals surface area (Å²) in [6, 6.07) is 9.28. The highest BCUT2D eigenvalue weighted by atomic mass is 32.2. The predicted octanol–water partition coefficient (Wildman–Crippen LogP) is 2.81. The lowest BCUT2D eigenvalue weighted by Gasteiger charge is -2.10. The summed E-state index contributed by atoms with van der Waals surface area (Å²) < 4.78 is 12.9. The van der Waals surface area contributed by atoms with Gasteiger partial charge in [0.2, 0.25) is 6.79 Å². The minimum atomic E-state index is 0.00429. The third kappa shape index (κ3) is 4.00. The number of nitrogens with two attached hydrogens (primary N) is 2. The Morgan fingerprint density at radius 1 is 1.10 bits per heavy atom. The van der Waals surface area contributed by atoms with Gasteiger partial charge in [-0.2, -0.15) is 0 Å². The Morgan fingerprint density at radius 3 is 2.59 bits per heavy atom. The van der Waals surface area contributed by atoms with Crippen LogP contribution in [0.4, 0.5) is 11.6 Å². The van der Waals surface area contributed by atoms with Gasteiger partial charge in [-0.25, -0.2) is 9.97 Å². The normalized spacial score (nSPS) is 12.3. The minimum Gasteiger partial charge on any atom is -0.454 e. The molecule has 4 rings (SSSR count). The highest BCUT2D eigenvalue weighted by Crippen LogP contribution is 2.33. The number of hydrogen-bond acceptors (Lipinski definition) is 8. The molecule has 9 heteroatoms. The van der Waals surface area contributed by atoms with Crippen LogP contribution in [0.2, 0.25) is 0 Å². The molecule has 8 nitrogen and oxygen atoms in total. The molecule has 29 heavy (non-hydrogen) atoms. The first kappa shape index (κ1) is 19.1. The van der Waals surface area contributed by atoms with Crippen LogP contribution in [-0.2, 0) is 6.54 Å². The average Bonchev–Trinajstić information content (AvgIpc) is 3.25. The van der Waals surface area contributed by atoms with E-state index in [1.54, 1.807) is 0 Å². The summed E-state index contributed by atoms with van der Waals surface area (Å²) in [5.41, 5.74) is 15.1. The fourth-order valence-electron chi connectivity index (χ4n) is 3.28. The molecule has 0 bridgehead atoms. The zero-order valence-electron chi connectivity index (χ0n) is 16.1. The van der Waals surface area contributed by atoms with E-state index in [0.717, 1.165) is 28.5 Å². The second-order valence-corrected chi connectivity index (χ2v) is 7.71. The fourth-order valence-corrected chi connectivity index (χ4v) is 4.04. The number of aryl methyl sites for hydroxylation is 1. The lowest BCUT2D eigenvalue weighted by molar-refractivity contribution is 0.102. The Bertz CT molecular complexity index is 1080. The number of fused-ring (bicyclic) bond motifs is 1. The number of Topliss-reactive ketones (excluding diaryl/α,β-unsaturated/α-hetero) is 1. The molecule has 150 valence electrons. The van der Waals surface area contributed by atoms with Crippen LogP contribution in [-0.4, -0.2) is 32.9 Å². The van der Waals surface area contributed by atoms with E-state index in [1.165, 1.54) is 17.8 Å². The second-order valence-electron chi connectivity index (χ2n) is 6.77. The number of carbonyl (C=O) groups is 1. The maximum Gasteiger partial charge on any atom is 0.231 e. The number of aromatic nitrogens is 3. The molecule has 0 fully saturated rings. The van der Waals surface area contributed by atoms with Crippen LogP contribution in [0, 0.1) is 13.8 Å². The van der Waals surface area contributed by atoms with Gasteiger partial charge in [-0.3, -0.25) is 4.79 Å². The van der Waals surface area contributed by atoms with Crippen molar-refractivity contribution in [2.24, 2.45) is 0 Å². The molecule has 0 amide bonds. The summed E-state index contributed by atoms with van der Waals surface area (Å²) in [6.45, 7) is 4.83. The van der Waals surface area contributed by atoms with Gasteiger partial charge in [-0.15, -0.1) is 0 Å². The van der Waals surface area contributed by atoms with Crippen molar-refractivity contribution in [2.45, 2.75) is 25.5 Å². The third-order valence-electron chi connectivity index (χ3n) is 4.73. The Morgan fingerprint density at radius 2 is 1.83 bits per heavy atom. The molecule has 4 N–H and O–H groups in total. The molecule has 0 atom stereocenters. The van der Waals surface area contributed by atoms with Crippen LogP contribution in [0.1, 0.15) is 27.3 Å². The van der Waals surface area contributed by atoms with Crippen molar-refractivity contribution in [1.29, 1.82) is 0 Å². The lowest BCUT2D eigenvalue weighted by Crippen LogP contribution is -2.08. The van der Waals surface area contributed by atoms with E-state index in [1.807, 2.05) is 38.1 Å². The van der Waals surface area contributed by atoms with E-state index in [-0.39, 0.29) is 30.0 Å². The Labute approximate surface area is 172 Å². The van der Waals surface area contributed by atoms with Crippen LogP contribution in [0.5, 0.6) is 11.5 Å². The predicted molar refractivity (Wildman–Crippen MR) is 111 cm³/mol. The molecule has 0 aliphatic carbocycles. The standard InChI is InChI=1S/C20H21N5O3S/c1-11-5-14(15(26)9-29-20-23-18(21)7-19(22)24-20)12(2)25(11)8-13-3-4-16-17(6-13)28-10-27-16/h3-7H,8-10H2,1-2H3,(H4,21,22,23,24). The van der Waals surface area contributed by atoms with Gasteiger partial charge in [-0.1, -0.05) is 17.8 Å². The van der Waals surface area contributed by atoms with Gasteiger partial charge in [0, 0.05) is 29.6 Å². The van der Waals surface area contributed by atoms with Crippen LogP contribution in [0.15, 0.2) is 35.5 Å². The number of ketones is 1. The summed E-state index contributed by atoms with van der Waals surface area (Å²) in [5.74, 6) is 2.29. The lowest BCUT2D eigenvalue weighted by atomic mass is 10.1. The molecule has 0 radical (unpaired) electrons. The second kappa shape index (κ2) is 7.67. The van der Waals surface area contributed by atoms with Crippen molar-refractivity contribution in [2.75, 3.05) is 24.0 Å². The van der Waals surface area contributed by atoms with E-state index >= 15 is 0 Å². The largest absolute Gasteiger partial charge is 0.454 e. The van der Waals surface area contributed by atoms with E-state index < -0.39 is 0 Å². The first-order valence-electron chi connectivity index (χ1n) is 9.02. The van der Waals surface area contributed by atoms with Crippen molar-refractivity contribution in [3.63, 3.8) is 0 Å². The van der Waals surface area contributed by atoms with Gasteiger partial charge >= 0.3 is 0 Å². The summed E-state index contributed by atoms with van der Waals surface area (Å²) >= 11 is 1.22. The SMILES string of the molecule is Cc1cc(C(=O)CSc2nc(N)cc(N)n2)c(C)n1Cc1ccc2c(c1)OCO2. The summed E-state index contributed by atoms with van der Waals surface area (Å²) in [6.07, 6.45) is 0. The maximum atomic E-state index is 12.8. The molecule has 0 spiro atoms. The molecule has 3 aromatic rings. The van der Waals surface area contributed by atoms with Crippen LogP contribution in [0.3, 0.4) is 0 Å². The number of carbonyl (C=O) groups excluding carboxylic acids is 1. The number of thioether (sulfide) groups is 1. The number of benzene rings is 1. The highest BCUT2D eigenvalue weighted by Gasteiger charge is 2.18. The summed E-state index contributed by atoms with van der Waals surface area (Å²) in [7, 11) is 0. The van der Waals surface area contributed by atoms with E-state index in [4.69, 9.17) is 20.9 Å². The number of anilines is 2. The molecule has 1 aliphatic rings. The number of ether oxygens (including phenoxy) is 2. The molecule has 0 saturated heterocycles. The third-order valence-corrected chi connectivity index (χ3v) is 5.58. The number of nitrogens with zero attached hydrogens (tertiary/aromatic N) is 3. The van der Waals surface area contributed by atoms with Gasteiger partial charge in [0.25, 0.3) is 0 Å². The van der Waals surface area contributed by atoms with E-state index in [2.05, 4.69) is 14.5 Å². The highest BCUT2D eigenvalue weighted by molar-refractivity contribution is 7.99. The van der Waals surface area contributed by atoms with Crippen LogP contribution >= 0.6 is 11.8 Å². The van der Waals surface area contributed by atoms with Gasteiger partial charge in [0.1, 0.15) is 11.6 Å². The van der Waals surface area contributed by atoms with Gasteiger partial charge in [-0.05, 0) is 37.6 Å². The Kier molecular flexibility index (Phi) is 5.06. The van der Waals surface area contributed by atoms with Crippen LogP contribution in [0.25, 0.3) is 0 Å². The average molecular weight is 411 g/mol. The smallest absolute Gasteiger partial charge is 0.231 e. The van der Waals surface area contributed by atoms with Crippen molar-refractivity contribution >= 4 is 29.2 Å².